The molecule has 0 saturated heterocycles. The van der Waals surface area contributed by atoms with Crippen molar-refractivity contribution in [2.24, 2.45) is 0 Å². The highest BCUT2D eigenvalue weighted by atomic mass is 19.4. The average Bonchev–Trinajstić information content (AvgIpc) is 3.06. The largest absolute Gasteiger partial charge is 0.416 e. The minimum atomic E-state index is -4.31. The highest BCUT2D eigenvalue weighted by molar-refractivity contribution is 5.82. The Morgan fingerprint density at radius 2 is 1.58 bits per heavy atom. The lowest BCUT2D eigenvalue weighted by Crippen LogP contribution is -2.19. The van der Waals surface area contributed by atoms with Gasteiger partial charge in [-0.15, -0.1) is 0 Å². The van der Waals surface area contributed by atoms with Crippen LogP contribution in [0.4, 0.5) is 30.2 Å². The van der Waals surface area contributed by atoms with E-state index in [9.17, 15) is 13.2 Å². The molecule has 2 aromatic carbocycles. The highest BCUT2D eigenvalue weighted by Gasteiger charge is 2.33. The van der Waals surface area contributed by atoms with Gasteiger partial charge in [0.1, 0.15) is 6.17 Å². The second kappa shape index (κ2) is 4.82. The number of alkyl halides is 3. The number of halogens is 3. The second-order valence-electron chi connectivity index (χ2n) is 7.02. The van der Waals surface area contributed by atoms with E-state index in [-0.39, 0.29) is 11.6 Å². The Labute approximate surface area is 138 Å². The smallest absolute Gasteiger partial charge is 0.384 e. The number of benzene rings is 2. The van der Waals surface area contributed by atoms with Gasteiger partial charge in [-0.05, 0) is 35.4 Å². The molecule has 126 valence electrons. The molecule has 0 saturated carbocycles. The Kier molecular flexibility index (Phi) is 3.04. The van der Waals surface area contributed by atoms with E-state index in [1.807, 2.05) is 0 Å². The predicted octanol–water partition coefficient (Wildman–Crippen LogP) is 4.94. The molecule has 2 aliphatic heterocycles. The maximum atomic E-state index is 12.7. The van der Waals surface area contributed by atoms with Gasteiger partial charge in [0.15, 0.2) is 0 Å². The molecule has 3 nitrogen and oxygen atoms in total. The summed E-state index contributed by atoms with van der Waals surface area (Å²) in [6.07, 6.45) is -4.54. The third-order valence-electron chi connectivity index (χ3n) is 4.78. The summed E-state index contributed by atoms with van der Waals surface area (Å²) in [7, 11) is 0. The van der Waals surface area contributed by atoms with Gasteiger partial charge in [0.2, 0.25) is 0 Å². The molecule has 24 heavy (non-hydrogen) atoms. The fourth-order valence-electron chi connectivity index (χ4n) is 3.33. The van der Waals surface area contributed by atoms with Gasteiger partial charge in [0.05, 0.1) is 16.9 Å². The zero-order valence-corrected chi connectivity index (χ0v) is 13.4. The molecular formula is C18H18F3N3. The quantitative estimate of drug-likeness (QED) is 0.691. The van der Waals surface area contributed by atoms with Crippen LogP contribution in [0.15, 0.2) is 36.4 Å². The number of rotatable bonds is 1. The zero-order chi connectivity index (χ0) is 17.1. The van der Waals surface area contributed by atoms with Crippen molar-refractivity contribution >= 4 is 17.1 Å². The van der Waals surface area contributed by atoms with E-state index in [0.29, 0.717) is 0 Å². The van der Waals surface area contributed by atoms with Crippen LogP contribution < -0.4 is 16.0 Å². The standard InChI is InChI=1S/C18H18F3N3/c1-17(2)9-22-13-8-15-14(7-12(13)17)23-16(24-15)10-3-5-11(6-4-10)18(19,20)21/h3-8,16,22-24H,9H2,1-2H3. The lowest BCUT2D eigenvalue weighted by molar-refractivity contribution is -0.137. The third-order valence-corrected chi connectivity index (χ3v) is 4.78. The Morgan fingerprint density at radius 1 is 0.958 bits per heavy atom. The van der Waals surface area contributed by atoms with E-state index >= 15 is 0 Å². The number of hydrogen-bond donors (Lipinski definition) is 3. The lowest BCUT2D eigenvalue weighted by Gasteiger charge is -2.17. The molecule has 6 heteroatoms. The summed E-state index contributed by atoms with van der Waals surface area (Å²) in [4.78, 5) is 0. The normalized spacial score (nSPS) is 20.6. The molecule has 2 aromatic rings. The molecule has 0 aromatic heterocycles. The van der Waals surface area contributed by atoms with Gasteiger partial charge in [-0.3, -0.25) is 0 Å². The van der Waals surface area contributed by atoms with E-state index in [0.717, 1.165) is 41.3 Å². The maximum absolute atomic E-state index is 12.7. The average molecular weight is 333 g/mol. The Hall–Kier alpha value is -2.37. The predicted molar refractivity (Wildman–Crippen MR) is 89.4 cm³/mol. The van der Waals surface area contributed by atoms with Crippen molar-refractivity contribution in [1.82, 2.24) is 0 Å². The zero-order valence-electron chi connectivity index (χ0n) is 13.4. The summed E-state index contributed by atoms with van der Waals surface area (Å²) in [6, 6.07) is 9.45. The summed E-state index contributed by atoms with van der Waals surface area (Å²) in [5.74, 6) is 0. The van der Waals surface area contributed by atoms with Crippen LogP contribution in [-0.4, -0.2) is 6.54 Å². The first kappa shape index (κ1) is 15.2. The van der Waals surface area contributed by atoms with Gasteiger partial charge in [-0.1, -0.05) is 26.0 Å². The van der Waals surface area contributed by atoms with Gasteiger partial charge in [-0.25, -0.2) is 0 Å². The fourth-order valence-corrected chi connectivity index (χ4v) is 3.33. The maximum Gasteiger partial charge on any atom is 0.416 e. The summed E-state index contributed by atoms with van der Waals surface area (Å²) >= 11 is 0. The van der Waals surface area contributed by atoms with Crippen LogP contribution in [0.1, 0.15) is 36.7 Å². The van der Waals surface area contributed by atoms with Crippen molar-refractivity contribution < 1.29 is 13.2 Å². The van der Waals surface area contributed by atoms with Gasteiger partial charge in [-0.2, -0.15) is 13.2 Å². The molecule has 0 fully saturated rings. The van der Waals surface area contributed by atoms with Crippen LogP contribution >= 0.6 is 0 Å². The third kappa shape index (κ3) is 2.37. The first-order valence-corrected chi connectivity index (χ1v) is 7.87. The van der Waals surface area contributed by atoms with E-state index in [2.05, 4.69) is 41.9 Å². The molecular weight excluding hydrogens is 315 g/mol. The molecule has 1 unspecified atom stereocenters. The fraction of sp³-hybridized carbons (Fsp3) is 0.333. The summed E-state index contributed by atoms with van der Waals surface area (Å²) in [6.45, 7) is 5.27. The lowest BCUT2D eigenvalue weighted by atomic mass is 9.86. The van der Waals surface area contributed by atoms with Crippen LogP contribution in [0.5, 0.6) is 0 Å². The van der Waals surface area contributed by atoms with E-state index in [4.69, 9.17) is 0 Å². The van der Waals surface area contributed by atoms with Crippen molar-refractivity contribution in [1.29, 1.82) is 0 Å². The van der Waals surface area contributed by atoms with Gasteiger partial charge < -0.3 is 16.0 Å². The molecule has 1 atom stereocenters. The first-order valence-electron chi connectivity index (χ1n) is 7.87. The number of nitrogens with one attached hydrogen (secondary N) is 3. The van der Waals surface area contributed by atoms with Crippen molar-refractivity contribution in [2.45, 2.75) is 31.6 Å². The monoisotopic (exact) mass is 333 g/mol. The topological polar surface area (TPSA) is 36.1 Å². The van der Waals surface area contributed by atoms with Crippen LogP contribution in [0.2, 0.25) is 0 Å². The first-order chi connectivity index (χ1) is 11.2. The number of fused-ring (bicyclic) bond motifs is 2. The van der Waals surface area contributed by atoms with E-state index < -0.39 is 11.7 Å². The number of anilines is 3. The Bertz CT molecular complexity index is 794. The van der Waals surface area contributed by atoms with Gasteiger partial charge in [0, 0.05) is 17.6 Å². The Balaban J connectivity index is 1.60. The molecule has 0 amide bonds. The molecule has 0 bridgehead atoms. The Morgan fingerprint density at radius 3 is 2.21 bits per heavy atom. The van der Waals surface area contributed by atoms with Gasteiger partial charge in [0.25, 0.3) is 0 Å². The van der Waals surface area contributed by atoms with Crippen LogP contribution in [0, 0.1) is 0 Å². The summed E-state index contributed by atoms with van der Waals surface area (Å²) in [5, 5.41) is 10.1. The highest BCUT2D eigenvalue weighted by Crippen LogP contribution is 2.45. The molecule has 0 aliphatic carbocycles. The van der Waals surface area contributed by atoms with Crippen LogP contribution in [-0.2, 0) is 11.6 Å². The molecule has 0 radical (unpaired) electrons. The SMILES string of the molecule is CC1(C)CNc2cc3c(cc21)NC(c1ccc(C(F)(F)F)cc1)N3. The molecule has 0 spiro atoms. The van der Waals surface area contributed by atoms with Gasteiger partial charge >= 0.3 is 6.18 Å². The molecule has 2 heterocycles. The minimum Gasteiger partial charge on any atom is -0.384 e. The number of hydrogen-bond acceptors (Lipinski definition) is 3. The summed E-state index contributed by atoms with van der Waals surface area (Å²) < 4.78 is 38.0. The van der Waals surface area contributed by atoms with Crippen molar-refractivity contribution in [2.75, 3.05) is 22.5 Å². The van der Waals surface area contributed by atoms with Crippen molar-refractivity contribution in [3.8, 4) is 0 Å². The van der Waals surface area contributed by atoms with E-state index in [1.165, 1.54) is 17.7 Å². The minimum absolute atomic E-state index is 0.0679. The molecule has 3 N–H and O–H groups in total. The van der Waals surface area contributed by atoms with Crippen LogP contribution in [0.3, 0.4) is 0 Å². The molecule has 2 aliphatic rings. The second-order valence-corrected chi connectivity index (χ2v) is 7.02. The van der Waals surface area contributed by atoms with Crippen molar-refractivity contribution in [3.05, 3.63) is 53.1 Å². The van der Waals surface area contributed by atoms with Crippen LogP contribution in [0.25, 0.3) is 0 Å². The van der Waals surface area contributed by atoms with E-state index in [1.54, 1.807) is 0 Å². The van der Waals surface area contributed by atoms with Crippen molar-refractivity contribution in [3.63, 3.8) is 0 Å². The summed E-state index contributed by atoms with van der Waals surface area (Å²) in [5.41, 5.74) is 4.51. The molecule has 4 rings (SSSR count).